The minimum atomic E-state index is 0.488. The van der Waals surface area contributed by atoms with E-state index in [0.717, 1.165) is 22.3 Å². The molecule has 2 aromatic rings. The van der Waals surface area contributed by atoms with Gasteiger partial charge in [0.1, 0.15) is 11.5 Å². The third-order valence-electron chi connectivity index (χ3n) is 4.06. The van der Waals surface area contributed by atoms with Crippen molar-refractivity contribution in [1.82, 2.24) is 9.88 Å². The van der Waals surface area contributed by atoms with Crippen LogP contribution in [0, 0.1) is 6.92 Å². The van der Waals surface area contributed by atoms with Crippen LogP contribution in [0.5, 0.6) is 0 Å². The van der Waals surface area contributed by atoms with Crippen molar-refractivity contribution < 1.29 is 4.42 Å². The van der Waals surface area contributed by atoms with Gasteiger partial charge in [-0.25, -0.2) is 0 Å². The Balaban J connectivity index is 1.73. The van der Waals surface area contributed by atoms with Gasteiger partial charge in [-0.15, -0.1) is 0 Å². The van der Waals surface area contributed by atoms with Crippen LogP contribution in [0.15, 0.2) is 41.1 Å². The Kier molecular flexibility index (Phi) is 4.73. The zero-order chi connectivity index (χ0) is 15.4. The monoisotopic (exact) mass is 315 g/mol. The number of anilines is 1. The molecule has 5 heteroatoms. The third kappa shape index (κ3) is 3.65. The summed E-state index contributed by atoms with van der Waals surface area (Å²) >= 11 is 5.65. The Hall–Kier alpha value is -1.88. The predicted octanol–water partition coefficient (Wildman–Crippen LogP) is 4.12. The van der Waals surface area contributed by atoms with E-state index in [4.69, 9.17) is 16.6 Å². The van der Waals surface area contributed by atoms with Gasteiger partial charge in [-0.3, -0.25) is 4.98 Å². The Morgan fingerprint density at radius 3 is 2.82 bits per heavy atom. The van der Waals surface area contributed by atoms with Gasteiger partial charge >= 0.3 is 0 Å². The van der Waals surface area contributed by atoms with Gasteiger partial charge in [0.2, 0.25) is 0 Å². The van der Waals surface area contributed by atoms with Crippen LogP contribution in [0.25, 0.3) is 0 Å². The summed E-state index contributed by atoms with van der Waals surface area (Å²) in [6, 6.07) is 8.40. The van der Waals surface area contributed by atoms with Crippen molar-refractivity contribution in [2.24, 2.45) is 0 Å². The number of pyridine rings is 1. The van der Waals surface area contributed by atoms with Crippen LogP contribution in [0.1, 0.15) is 37.2 Å². The van der Waals surface area contributed by atoms with E-state index >= 15 is 0 Å². The van der Waals surface area contributed by atoms with Crippen molar-refractivity contribution in [3.05, 3.63) is 48.2 Å². The molecule has 0 unspecified atom stereocenters. The van der Waals surface area contributed by atoms with E-state index in [-0.39, 0.29) is 0 Å². The lowest BCUT2D eigenvalue weighted by Crippen LogP contribution is -2.40. The van der Waals surface area contributed by atoms with Gasteiger partial charge in [-0.2, -0.15) is 0 Å². The van der Waals surface area contributed by atoms with E-state index in [1.54, 1.807) is 12.4 Å². The van der Waals surface area contributed by atoms with E-state index in [2.05, 4.69) is 15.2 Å². The molecule has 1 aliphatic rings. The van der Waals surface area contributed by atoms with Crippen LogP contribution in [-0.4, -0.2) is 21.0 Å². The zero-order valence-corrected chi connectivity index (χ0v) is 13.6. The van der Waals surface area contributed by atoms with Crippen LogP contribution in [-0.2, 0) is 6.54 Å². The first kappa shape index (κ1) is 15.0. The van der Waals surface area contributed by atoms with Crippen LogP contribution in [0.2, 0.25) is 0 Å². The van der Waals surface area contributed by atoms with Crippen LogP contribution < -0.4 is 5.32 Å². The Morgan fingerprint density at radius 1 is 1.36 bits per heavy atom. The maximum Gasteiger partial charge on any atom is 0.174 e. The molecule has 0 radical (unpaired) electrons. The molecular formula is C17H21N3OS. The number of nitrogens with zero attached hydrogens (tertiary/aromatic N) is 2. The molecule has 1 saturated carbocycles. The van der Waals surface area contributed by atoms with E-state index in [1.165, 1.54) is 25.7 Å². The van der Waals surface area contributed by atoms with Crippen molar-refractivity contribution in [2.45, 2.75) is 45.2 Å². The van der Waals surface area contributed by atoms with Crippen molar-refractivity contribution in [1.29, 1.82) is 0 Å². The molecule has 0 spiro atoms. The first-order chi connectivity index (χ1) is 10.7. The number of hydrogen-bond donors (Lipinski definition) is 1. The summed E-state index contributed by atoms with van der Waals surface area (Å²) in [4.78, 5) is 6.38. The number of aromatic nitrogens is 1. The molecule has 0 amide bonds. The van der Waals surface area contributed by atoms with E-state index in [9.17, 15) is 0 Å². The second-order valence-electron chi connectivity index (χ2n) is 5.75. The maximum atomic E-state index is 5.73. The van der Waals surface area contributed by atoms with Gasteiger partial charge in [-0.1, -0.05) is 12.8 Å². The number of aryl methyl sites for hydroxylation is 1. The lowest BCUT2D eigenvalue weighted by molar-refractivity contribution is 0.284. The predicted molar refractivity (Wildman–Crippen MR) is 91.7 cm³/mol. The van der Waals surface area contributed by atoms with Crippen molar-refractivity contribution in [3.63, 3.8) is 0 Å². The Bertz CT molecular complexity index is 620. The highest BCUT2D eigenvalue weighted by molar-refractivity contribution is 7.80. The minimum absolute atomic E-state index is 0.488. The van der Waals surface area contributed by atoms with Gasteiger partial charge in [-0.05, 0) is 56.2 Å². The molecular weight excluding hydrogens is 294 g/mol. The summed E-state index contributed by atoms with van der Waals surface area (Å²) in [5.74, 6) is 1.90. The lowest BCUT2D eigenvalue weighted by Gasteiger charge is -2.31. The summed E-state index contributed by atoms with van der Waals surface area (Å²) < 4.78 is 5.73. The molecule has 2 aromatic heterocycles. The van der Waals surface area contributed by atoms with Crippen molar-refractivity contribution in [3.8, 4) is 0 Å². The quantitative estimate of drug-likeness (QED) is 0.859. The standard InChI is InChI=1S/C17H21N3OS/c1-13-8-9-16(21-13)12-20(15-6-2-3-7-15)17(22)19-14-5-4-10-18-11-14/h4-5,8-11,15H,2-3,6-7,12H2,1H3,(H,19,22). The van der Waals surface area contributed by atoms with Gasteiger partial charge < -0.3 is 14.6 Å². The smallest absolute Gasteiger partial charge is 0.174 e. The number of nitrogens with one attached hydrogen (secondary N) is 1. The van der Waals surface area contributed by atoms with E-state index < -0.39 is 0 Å². The molecule has 0 aliphatic heterocycles. The first-order valence-electron chi connectivity index (χ1n) is 7.75. The van der Waals surface area contributed by atoms with Gasteiger partial charge in [0.05, 0.1) is 18.4 Å². The molecule has 1 N–H and O–H groups in total. The van der Waals surface area contributed by atoms with Crippen LogP contribution in [0.4, 0.5) is 5.69 Å². The summed E-state index contributed by atoms with van der Waals surface area (Å²) in [6.07, 6.45) is 8.47. The van der Waals surface area contributed by atoms with E-state index in [0.29, 0.717) is 12.6 Å². The summed E-state index contributed by atoms with van der Waals surface area (Å²) in [5, 5.41) is 4.04. The molecule has 116 valence electrons. The number of hydrogen-bond acceptors (Lipinski definition) is 3. The molecule has 2 heterocycles. The van der Waals surface area contributed by atoms with Crippen LogP contribution in [0.3, 0.4) is 0 Å². The Morgan fingerprint density at radius 2 is 2.18 bits per heavy atom. The summed E-state index contributed by atoms with van der Waals surface area (Å²) in [7, 11) is 0. The highest BCUT2D eigenvalue weighted by Crippen LogP contribution is 2.26. The minimum Gasteiger partial charge on any atom is -0.464 e. The molecule has 3 rings (SSSR count). The number of furan rings is 1. The zero-order valence-electron chi connectivity index (χ0n) is 12.8. The second kappa shape index (κ2) is 6.92. The normalized spacial score (nSPS) is 15.0. The number of thiocarbonyl (C=S) groups is 1. The highest BCUT2D eigenvalue weighted by atomic mass is 32.1. The van der Waals surface area contributed by atoms with Gasteiger partial charge in [0.15, 0.2) is 5.11 Å². The molecule has 0 aromatic carbocycles. The molecule has 0 atom stereocenters. The van der Waals surface area contributed by atoms with Gasteiger partial charge in [0.25, 0.3) is 0 Å². The van der Waals surface area contributed by atoms with Gasteiger partial charge in [0, 0.05) is 12.2 Å². The lowest BCUT2D eigenvalue weighted by atomic mass is 10.2. The van der Waals surface area contributed by atoms with Crippen LogP contribution >= 0.6 is 12.2 Å². The topological polar surface area (TPSA) is 41.3 Å². The Labute approximate surface area is 136 Å². The largest absolute Gasteiger partial charge is 0.464 e. The molecule has 22 heavy (non-hydrogen) atoms. The molecule has 4 nitrogen and oxygen atoms in total. The summed E-state index contributed by atoms with van der Waals surface area (Å²) in [6.45, 7) is 2.68. The van der Waals surface area contributed by atoms with Crippen molar-refractivity contribution >= 4 is 23.0 Å². The molecule has 0 bridgehead atoms. The number of rotatable bonds is 4. The fraction of sp³-hybridized carbons (Fsp3) is 0.412. The SMILES string of the molecule is Cc1ccc(CN(C(=S)Nc2cccnc2)C2CCCC2)o1. The average Bonchev–Trinajstić information content (AvgIpc) is 3.17. The van der Waals surface area contributed by atoms with Crippen molar-refractivity contribution in [2.75, 3.05) is 5.32 Å². The molecule has 1 fully saturated rings. The molecule has 1 aliphatic carbocycles. The summed E-state index contributed by atoms with van der Waals surface area (Å²) in [5.41, 5.74) is 0.922. The average molecular weight is 315 g/mol. The highest BCUT2D eigenvalue weighted by Gasteiger charge is 2.25. The molecule has 0 saturated heterocycles. The third-order valence-corrected chi connectivity index (χ3v) is 4.40. The second-order valence-corrected chi connectivity index (χ2v) is 6.14. The maximum absolute atomic E-state index is 5.73. The fourth-order valence-corrected chi connectivity index (χ4v) is 3.28. The first-order valence-corrected chi connectivity index (χ1v) is 8.16. The van der Waals surface area contributed by atoms with E-state index in [1.807, 2.05) is 31.2 Å². The fourth-order valence-electron chi connectivity index (χ4n) is 2.95.